The number of imidazole rings is 1. The smallest absolute Gasteiger partial charge is 0.306 e. The first-order chi connectivity index (χ1) is 9.63. The summed E-state index contributed by atoms with van der Waals surface area (Å²) in [5.74, 6) is 1.74. The molecule has 0 radical (unpaired) electrons. The molecule has 2 aromatic rings. The number of nitrogens with zero attached hydrogens (tertiary/aromatic N) is 1. The van der Waals surface area contributed by atoms with E-state index in [0.29, 0.717) is 18.2 Å². The van der Waals surface area contributed by atoms with Gasteiger partial charge in [-0.05, 0) is 43.7 Å². The molecule has 1 N–H and O–H groups in total. The number of H-pyrrole nitrogens is 1. The van der Waals surface area contributed by atoms with Gasteiger partial charge in [0.05, 0.1) is 11.0 Å². The van der Waals surface area contributed by atoms with Gasteiger partial charge in [0.25, 0.3) is 0 Å². The number of aromatic nitrogens is 2. The lowest BCUT2D eigenvalue weighted by molar-refractivity contribution is -0.150. The van der Waals surface area contributed by atoms with E-state index in [1.807, 2.05) is 31.2 Å². The molecule has 1 heterocycles. The summed E-state index contributed by atoms with van der Waals surface area (Å²) >= 11 is 0. The maximum atomic E-state index is 11.9. The van der Waals surface area contributed by atoms with Crippen molar-refractivity contribution < 1.29 is 9.53 Å². The molecule has 4 nitrogen and oxygen atoms in total. The van der Waals surface area contributed by atoms with Crippen molar-refractivity contribution in [3.05, 3.63) is 30.1 Å². The molecule has 0 aliphatic heterocycles. The van der Waals surface area contributed by atoms with Crippen LogP contribution in [0, 0.1) is 11.8 Å². The number of aromatic amines is 1. The number of para-hydroxylation sites is 2. The molecule has 1 aromatic carbocycles. The normalized spacial score (nSPS) is 17.9. The van der Waals surface area contributed by atoms with E-state index in [0.717, 1.165) is 17.0 Å². The standard InChI is InChI=1S/C16H20N2O2/c1-10(12-7-8-12)9-15(19)20-11(2)16-17-13-5-3-4-6-14(13)18-16/h3-6,10-12H,7-9H2,1-2H3,(H,17,18). The highest BCUT2D eigenvalue weighted by molar-refractivity contribution is 5.75. The van der Waals surface area contributed by atoms with E-state index in [4.69, 9.17) is 4.74 Å². The number of nitrogens with one attached hydrogen (secondary N) is 1. The number of ether oxygens (including phenoxy) is 1. The average Bonchev–Trinajstić information content (AvgIpc) is 3.17. The van der Waals surface area contributed by atoms with Gasteiger partial charge in [0.2, 0.25) is 0 Å². The fourth-order valence-electron chi connectivity index (χ4n) is 2.56. The van der Waals surface area contributed by atoms with Gasteiger partial charge in [-0.1, -0.05) is 19.1 Å². The van der Waals surface area contributed by atoms with E-state index in [1.165, 1.54) is 12.8 Å². The number of carbonyl (C=O) groups excluding carboxylic acids is 1. The fourth-order valence-corrected chi connectivity index (χ4v) is 2.56. The lowest BCUT2D eigenvalue weighted by atomic mass is 10.0. The molecule has 1 saturated carbocycles. The number of hydrogen-bond acceptors (Lipinski definition) is 3. The van der Waals surface area contributed by atoms with Gasteiger partial charge in [0.15, 0.2) is 6.10 Å². The first-order valence-electron chi connectivity index (χ1n) is 7.27. The monoisotopic (exact) mass is 272 g/mol. The lowest BCUT2D eigenvalue weighted by Gasteiger charge is -2.13. The van der Waals surface area contributed by atoms with Crippen molar-refractivity contribution in [2.45, 2.75) is 39.2 Å². The summed E-state index contributed by atoms with van der Waals surface area (Å²) in [6.45, 7) is 3.99. The first-order valence-corrected chi connectivity index (χ1v) is 7.27. The minimum atomic E-state index is -0.332. The Morgan fingerprint density at radius 2 is 2.15 bits per heavy atom. The van der Waals surface area contributed by atoms with Crippen LogP contribution < -0.4 is 0 Å². The molecular formula is C16H20N2O2. The van der Waals surface area contributed by atoms with Crippen LogP contribution >= 0.6 is 0 Å². The Kier molecular flexibility index (Phi) is 3.47. The summed E-state index contributed by atoms with van der Waals surface area (Å²) in [6, 6.07) is 7.81. The van der Waals surface area contributed by atoms with Crippen LogP contribution in [-0.2, 0) is 9.53 Å². The third-order valence-electron chi connectivity index (χ3n) is 4.02. The summed E-state index contributed by atoms with van der Waals surface area (Å²) in [6.07, 6.45) is 2.69. The van der Waals surface area contributed by atoms with Crippen LogP contribution in [0.4, 0.5) is 0 Å². The van der Waals surface area contributed by atoms with Gasteiger partial charge < -0.3 is 9.72 Å². The van der Waals surface area contributed by atoms with Crippen molar-refractivity contribution in [3.8, 4) is 0 Å². The van der Waals surface area contributed by atoms with Crippen molar-refractivity contribution in [2.24, 2.45) is 11.8 Å². The Labute approximate surface area is 118 Å². The molecule has 0 bridgehead atoms. The maximum Gasteiger partial charge on any atom is 0.306 e. The average molecular weight is 272 g/mol. The summed E-state index contributed by atoms with van der Waals surface area (Å²) in [5.41, 5.74) is 1.87. The van der Waals surface area contributed by atoms with Crippen LogP contribution in [0.2, 0.25) is 0 Å². The molecule has 106 valence electrons. The molecule has 1 aliphatic carbocycles. The van der Waals surface area contributed by atoms with E-state index in [2.05, 4.69) is 16.9 Å². The number of fused-ring (bicyclic) bond motifs is 1. The van der Waals surface area contributed by atoms with Crippen molar-refractivity contribution in [2.75, 3.05) is 0 Å². The molecule has 0 saturated heterocycles. The molecule has 20 heavy (non-hydrogen) atoms. The molecular weight excluding hydrogens is 252 g/mol. The van der Waals surface area contributed by atoms with Gasteiger partial charge >= 0.3 is 5.97 Å². The lowest BCUT2D eigenvalue weighted by Crippen LogP contribution is -2.14. The van der Waals surface area contributed by atoms with E-state index in [1.54, 1.807) is 0 Å². The zero-order valence-electron chi connectivity index (χ0n) is 11.9. The number of esters is 1. The molecule has 1 fully saturated rings. The van der Waals surface area contributed by atoms with Crippen LogP contribution in [0.5, 0.6) is 0 Å². The Morgan fingerprint density at radius 1 is 1.40 bits per heavy atom. The molecule has 1 aromatic heterocycles. The second-order valence-corrected chi connectivity index (χ2v) is 5.79. The summed E-state index contributed by atoms with van der Waals surface area (Å²) < 4.78 is 5.48. The second kappa shape index (κ2) is 5.27. The van der Waals surface area contributed by atoms with E-state index in [9.17, 15) is 4.79 Å². The van der Waals surface area contributed by atoms with Gasteiger partial charge in [-0.2, -0.15) is 0 Å². The predicted octanol–water partition coefficient (Wildman–Crippen LogP) is 3.60. The van der Waals surface area contributed by atoms with Crippen molar-refractivity contribution >= 4 is 17.0 Å². The molecule has 0 amide bonds. The Morgan fingerprint density at radius 3 is 2.85 bits per heavy atom. The minimum absolute atomic E-state index is 0.127. The quantitative estimate of drug-likeness (QED) is 0.846. The Balaban J connectivity index is 1.62. The zero-order valence-corrected chi connectivity index (χ0v) is 11.9. The zero-order chi connectivity index (χ0) is 14.1. The Hall–Kier alpha value is -1.84. The SMILES string of the molecule is CC(OC(=O)CC(C)C1CC1)c1nc2ccccc2[nH]1. The summed E-state index contributed by atoms with van der Waals surface area (Å²) in [5, 5.41) is 0. The minimum Gasteiger partial charge on any atom is -0.454 e. The largest absolute Gasteiger partial charge is 0.454 e. The Bertz CT molecular complexity index is 583. The number of carbonyl (C=O) groups is 1. The van der Waals surface area contributed by atoms with Gasteiger partial charge in [-0.25, -0.2) is 4.98 Å². The maximum absolute atomic E-state index is 11.9. The molecule has 2 atom stereocenters. The van der Waals surface area contributed by atoms with Gasteiger partial charge in [-0.15, -0.1) is 0 Å². The molecule has 3 rings (SSSR count). The van der Waals surface area contributed by atoms with Crippen molar-refractivity contribution in [1.82, 2.24) is 9.97 Å². The first kappa shape index (κ1) is 13.2. The van der Waals surface area contributed by atoms with Crippen molar-refractivity contribution in [3.63, 3.8) is 0 Å². The van der Waals surface area contributed by atoms with Crippen LogP contribution in [-0.4, -0.2) is 15.9 Å². The third-order valence-corrected chi connectivity index (χ3v) is 4.02. The number of rotatable bonds is 5. The van der Waals surface area contributed by atoms with Crippen LogP contribution in [0.3, 0.4) is 0 Å². The number of hydrogen-bond donors (Lipinski definition) is 1. The third kappa shape index (κ3) is 2.84. The van der Waals surface area contributed by atoms with Crippen LogP contribution in [0.1, 0.15) is 45.0 Å². The molecule has 0 spiro atoms. The predicted molar refractivity (Wildman–Crippen MR) is 77.1 cm³/mol. The topological polar surface area (TPSA) is 55.0 Å². The number of benzene rings is 1. The van der Waals surface area contributed by atoms with Crippen LogP contribution in [0.25, 0.3) is 11.0 Å². The van der Waals surface area contributed by atoms with Gasteiger partial charge in [-0.3, -0.25) is 4.79 Å². The molecule has 4 heteroatoms. The van der Waals surface area contributed by atoms with Gasteiger partial charge in [0, 0.05) is 6.42 Å². The van der Waals surface area contributed by atoms with E-state index < -0.39 is 0 Å². The van der Waals surface area contributed by atoms with Gasteiger partial charge in [0.1, 0.15) is 5.82 Å². The highest BCUT2D eigenvalue weighted by atomic mass is 16.5. The van der Waals surface area contributed by atoms with Crippen molar-refractivity contribution in [1.29, 1.82) is 0 Å². The summed E-state index contributed by atoms with van der Waals surface area (Å²) in [4.78, 5) is 19.6. The fraction of sp³-hybridized carbons (Fsp3) is 0.500. The highest BCUT2D eigenvalue weighted by Gasteiger charge is 2.30. The molecule has 1 aliphatic rings. The molecule has 2 unspecified atom stereocenters. The second-order valence-electron chi connectivity index (χ2n) is 5.79. The summed E-state index contributed by atoms with van der Waals surface area (Å²) in [7, 11) is 0. The van der Waals surface area contributed by atoms with E-state index in [-0.39, 0.29) is 12.1 Å². The van der Waals surface area contributed by atoms with Crippen LogP contribution in [0.15, 0.2) is 24.3 Å². The van der Waals surface area contributed by atoms with E-state index >= 15 is 0 Å². The highest BCUT2D eigenvalue weighted by Crippen LogP contribution is 2.38.